The second kappa shape index (κ2) is 9.95. The molecule has 2 atom stereocenters. The van der Waals surface area contributed by atoms with Gasteiger partial charge in [-0.15, -0.1) is 5.10 Å². The highest BCUT2D eigenvalue weighted by Gasteiger charge is 2.45. The average molecular weight is 519 g/mol. The second-order valence-electron chi connectivity index (χ2n) is 10.1. The average Bonchev–Trinajstić information content (AvgIpc) is 3.28. The van der Waals surface area contributed by atoms with Gasteiger partial charge in [0.25, 0.3) is 0 Å². The number of H-pyrrole nitrogens is 1. The molecule has 5 rings (SSSR count). The fourth-order valence-corrected chi connectivity index (χ4v) is 5.50. The van der Waals surface area contributed by atoms with Gasteiger partial charge in [-0.2, -0.15) is 5.26 Å². The van der Waals surface area contributed by atoms with Crippen LogP contribution in [-0.2, 0) is 0 Å². The van der Waals surface area contributed by atoms with Gasteiger partial charge in [-0.25, -0.2) is 23.1 Å². The van der Waals surface area contributed by atoms with Gasteiger partial charge in [0.15, 0.2) is 0 Å². The molecule has 0 radical (unpaired) electrons. The zero-order chi connectivity index (χ0) is 27.0. The van der Waals surface area contributed by atoms with Crippen LogP contribution >= 0.6 is 0 Å². The highest BCUT2D eigenvalue weighted by atomic mass is 19.1. The number of nitrogens with one attached hydrogen (secondary N) is 1. The van der Waals surface area contributed by atoms with E-state index in [1.54, 1.807) is 18.2 Å². The first kappa shape index (κ1) is 25.5. The molecule has 3 aromatic carbocycles. The lowest BCUT2D eigenvalue weighted by Crippen LogP contribution is -2.53. The van der Waals surface area contributed by atoms with Crippen LogP contribution in [0.3, 0.4) is 0 Å². The number of nitriles is 1. The van der Waals surface area contributed by atoms with Crippen LogP contribution in [-0.4, -0.2) is 33.9 Å². The minimum absolute atomic E-state index is 0.157. The van der Waals surface area contributed by atoms with E-state index < -0.39 is 29.0 Å². The van der Waals surface area contributed by atoms with Gasteiger partial charge in [-0.1, -0.05) is 24.3 Å². The standard InChI is InChI=1S/C29H25F3N4O2/c1-29(2,32)25(21-11-23(30)13-24(31)12-21)22-15-36(16-22)26(18-8-6-17(14-33)7-9-18)19-4-3-5-20(10-19)27-34-35-28(37)38-27/h3-13,22,25-26H,15-16H2,1-2H3,(H,35,37)/t25-,26?/m1/s1. The Kier molecular flexibility index (Phi) is 6.67. The summed E-state index contributed by atoms with van der Waals surface area (Å²) >= 11 is 0. The van der Waals surface area contributed by atoms with E-state index in [2.05, 4.69) is 21.2 Å². The van der Waals surface area contributed by atoms with E-state index in [9.17, 15) is 18.8 Å². The van der Waals surface area contributed by atoms with Crippen LogP contribution < -0.4 is 5.76 Å². The largest absolute Gasteiger partial charge is 0.434 e. The first-order chi connectivity index (χ1) is 18.1. The van der Waals surface area contributed by atoms with Crippen molar-refractivity contribution < 1.29 is 17.6 Å². The van der Waals surface area contributed by atoms with Crippen molar-refractivity contribution >= 4 is 0 Å². The molecule has 1 N–H and O–H groups in total. The SMILES string of the molecule is CC(C)(F)[C@H](c1cc(F)cc(F)c1)C1CN(C(c2ccc(C#N)cc2)c2cccc(-c3n[nH]c(=O)o3)c2)C1. The molecule has 6 nitrogen and oxygen atoms in total. The van der Waals surface area contributed by atoms with Crippen molar-refractivity contribution in [3.05, 3.63) is 111 Å². The number of hydrogen-bond donors (Lipinski definition) is 1. The maximum Gasteiger partial charge on any atom is 0.434 e. The molecule has 0 bridgehead atoms. The Morgan fingerprint density at radius 1 is 1.03 bits per heavy atom. The topological polar surface area (TPSA) is 85.9 Å². The number of benzene rings is 3. The van der Waals surface area contributed by atoms with Gasteiger partial charge in [0.2, 0.25) is 5.89 Å². The molecule has 1 saturated heterocycles. The van der Waals surface area contributed by atoms with E-state index in [0.717, 1.165) is 17.2 Å². The van der Waals surface area contributed by atoms with Gasteiger partial charge in [0, 0.05) is 30.6 Å². The maximum absolute atomic E-state index is 15.4. The summed E-state index contributed by atoms with van der Waals surface area (Å²) in [5.41, 5.74) is 1.51. The molecule has 4 aromatic rings. The normalized spacial score (nSPS) is 16.0. The Morgan fingerprint density at radius 2 is 1.71 bits per heavy atom. The van der Waals surface area contributed by atoms with Crippen molar-refractivity contribution in [2.75, 3.05) is 13.1 Å². The van der Waals surface area contributed by atoms with Crippen molar-refractivity contribution in [3.8, 4) is 17.5 Å². The Bertz CT molecular complexity index is 1520. The Morgan fingerprint density at radius 3 is 2.29 bits per heavy atom. The zero-order valence-electron chi connectivity index (χ0n) is 20.8. The van der Waals surface area contributed by atoms with Gasteiger partial charge >= 0.3 is 5.76 Å². The smallest absolute Gasteiger partial charge is 0.388 e. The third kappa shape index (κ3) is 5.13. The molecule has 194 valence electrons. The molecule has 1 aromatic heterocycles. The summed E-state index contributed by atoms with van der Waals surface area (Å²) in [5, 5.41) is 15.4. The third-order valence-electron chi connectivity index (χ3n) is 7.00. The molecule has 0 spiro atoms. The summed E-state index contributed by atoms with van der Waals surface area (Å²) in [5.74, 6) is -2.87. The molecular weight excluding hydrogens is 493 g/mol. The van der Waals surface area contributed by atoms with Crippen LogP contribution in [0.25, 0.3) is 11.5 Å². The zero-order valence-corrected chi connectivity index (χ0v) is 20.8. The fourth-order valence-electron chi connectivity index (χ4n) is 5.50. The first-order valence-electron chi connectivity index (χ1n) is 12.2. The van der Waals surface area contributed by atoms with Crippen LogP contribution in [0.4, 0.5) is 13.2 Å². The lowest BCUT2D eigenvalue weighted by atomic mass is 9.72. The van der Waals surface area contributed by atoms with Crippen LogP contribution in [0.5, 0.6) is 0 Å². The highest BCUT2D eigenvalue weighted by Crippen LogP contribution is 2.45. The first-order valence-corrected chi connectivity index (χ1v) is 12.2. The molecule has 2 heterocycles. The van der Waals surface area contributed by atoms with E-state index in [4.69, 9.17) is 4.42 Å². The number of aromatic nitrogens is 2. The number of likely N-dealkylation sites (tertiary alicyclic amines) is 1. The van der Waals surface area contributed by atoms with Crippen LogP contribution in [0.1, 0.15) is 48.1 Å². The van der Waals surface area contributed by atoms with Crippen LogP contribution in [0, 0.1) is 28.9 Å². The number of nitrogens with zero attached hydrogens (tertiary/aromatic N) is 3. The molecule has 1 fully saturated rings. The molecular formula is C29H25F3N4O2. The van der Waals surface area contributed by atoms with Crippen molar-refractivity contribution in [2.24, 2.45) is 5.92 Å². The molecule has 1 aliphatic rings. The van der Waals surface area contributed by atoms with E-state index in [-0.39, 0.29) is 17.9 Å². The summed E-state index contributed by atoms with van der Waals surface area (Å²) in [6.45, 7) is 3.82. The molecule has 0 saturated carbocycles. The predicted octanol–water partition coefficient (Wildman–Crippen LogP) is 5.73. The summed E-state index contributed by atoms with van der Waals surface area (Å²) in [7, 11) is 0. The van der Waals surface area contributed by atoms with Gasteiger partial charge in [0.1, 0.15) is 17.3 Å². The number of hydrogen-bond acceptors (Lipinski definition) is 5. The summed E-state index contributed by atoms with van der Waals surface area (Å²) < 4.78 is 48.6. The number of alkyl halides is 1. The van der Waals surface area contributed by atoms with Crippen LogP contribution in [0.15, 0.2) is 75.9 Å². The van der Waals surface area contributed by atoms with Gasteiger partial charge in [-0.3, -0.25) is 4.90 Å². The van der Waals surface area contributed by atoms with E-state index >= 15 is 4.39 Å². The fraction of sp³-hybridized carbons (Fsp3) is 0.276. The molecule has 38 heavy (non-hydrogen) atoms. The molecule has 1 aliphatic heterocycles. The van der Waals surface area contributed by atoms with Crippen molar-refractivity contribution in [1.29, 1.82) is 5.26 Å². The van der Waals surface area contributed by atoms with E-state index in [1.807, 2.05) is 30.3 Å². The molecule has 1 unspecified atom stereocenters. The number of halogens is 3. The quantitative estimate of drug-likeness (QED) is 0.338. The Balaban J connectivity index is 1.49. The van der Waals surface area contributed by atoms with Crippen molar-refractivity contribution in [1.82, 2.24) is 15.1 Å². The Hall–Kier alpha value is -4.16. The predicted molar refractivity (Wildman–Crippen MR) is 135 cm³/mol. The van der Waals surface area contributed by atoms with Crippen molar-refractivity contribution in [3.63, 3.8) is 0 Å². The molecule has 0 amide bonds. The number of rotatable bonds is 7. The number of aromatic amines is 1. The van der Waals surface area contributed by atoms with Gasteiger partial charge in [-0.05, 0) is 72.9 Å². The summed E-state index contributed by atoms with van der Waals surface area (Å²) in [6, 6.07) is 19.7. The highest BCUT2D eigenvalue weighted by molar-refractivity contribution is 5.55. The second-order valence-corrected chi connectivity index (χ2v) is 10.1. The monoisotopic (exact) mass is 518 g/mol. The minimum atomic E-state index is -1.71. The minimum Gasteiger partial charge on any atom is -0.388 e. The Labute approximate surface area is 217 Å². The lowest BCUT2D eigenvalue weighted by Gasteiger charge is -2.50. The van der Waals surface area contributed by atoms with E-state index in [0.29, 0.717) is 29.8 Å². The van der Waals surface area contributed by atoms with Crippen molar-refractivity contribution in [2.45, 2.75) is 31.5 Å². The third-order valence-corrected chi connectivity index (χ3v) is 7.00. The lowest BCUT2D eigenvalue weighted by molar-refractivity contribution is 0.00805. The maximum atomic E-state index is 15.4. The van der Waals surface area contributed by atoms with Gasteiger partial charge < -0.3 is 4.42 Å². The van der Waals surface area contributed by atoms with Crippen LogP contribution in [0.2, 0.25) is 0 Å². The molecule has 9 heteroatoms. The molecule has 0 aliphatic carbocycles. The van der Waals surface area contributed by atoms with E-state index in [1.165, 1.54) is 26.0 Å². The van der Waals surface area contributed by atoms with Gasteiger partial charge in [0.05, 0.1) is 17.7 Å². The summed E-state index contributed by atoms with van der Waals surface area (Å²) in [6.07, 6.45) is 0. The summed E-state index contributed by atoms with van der Waals surface area (Å²) in [4.78, 5) is 13.6.